The molecule has 0 fully saturated rings. The number of carbonyl (C=O) groups excluding carboxylic acids is 1. The summed E-state index contributed by atoms with van der Waals surface area (Å²) in [5.74, 6) is 0.382. The molecule has 2 N–H and O–H groups in total. The number of benzene rings is 1. The van der Waals surface area contributed by atoms with E-state index in [1.165, 1.54) is 0 Å². The minimum atomic E-state index is -0.0810. The van der Waals surface area contributed by atoms with Crippen LogP contribution in [0.25, 0.3) is 0 Å². The Balaban J connectivity index is 2.48. The van der Waals surface area contributed by atoms with Gasteiger partial charge in [-0.3, -0.25) is 4.79 Å². The Morgan fingerprint density at radius 2 is 1.95 bits per heavy atom. The summed E-state index contributed by atoms with van der Waals surface area (Å²) in [7, 11) is 4.06. The monoisotopic (exact) mass is 297 g/mol. The van der Waals surface area contributed by atoms with Gasteiger partial charge in [0.1, 0.15) is 0 Å². The molecular formula is C15H24ClN3O. The lowest BCUT2D eigenvalue weighted by Gasteiger charge is -2.25. The first-order chi connectivity index (χ1) is 9.40. The minimum Gasteiger partial charge on any atom is -0.324 e. The Morgan fingerprint density at radius 3 is 2.50 bits per heavy atom. The fourth-order valence-corrected chi connectivity index (χ4v) is 2.07. The SMILES string of the molecule is CC(C)C(CN(C)C)NCC(=O)Nc1ccccc1Cl. The normalized spacial score (nSPS) is 12.8. The molecule has 0 aromatic heterocycles. The molecule has 4 nitrogen and oxygen atoms in total. The van der Waals surface area contributed by atoms with Gasteiger partial charge in [-0.25, -0.2) is 0 Å². The average Bonchev–Trinajstić information content (AvgIpc) is 2.36. The number of likely N-dealkylation sites (N-methyl/N-ethyl adjacent to an activating group) is 1. The molecule has 112 valence electrons. The van der Waals surface area contributed by atoms with E-state index >= 15 is 0 Å². The molecule has 0 radical (unpaired) electrons. The van der Waals surface area contributed by atoms with Gasteiger partial charge < -0.3 is 15.5 Å². The minimum absolute atomic E-state index is 0.0810. The molecule has 0 saturated carbocycles. The van der Waals surface area contributed by atoms with Crippen LogP contribution in [0.15, 0.2) is 24.3 Å². The highest BCUT2D eigenvalue weighted by atomic mass is 35.5. The van der Waals surface area contributed by atoms with Crippen LogP contribution in [0.2, 0.25) is 5.02 Å². The maximum atomic E-state index is 11.9. The van der Waals surface area contributed by atoms with Crippen molar-refractivity contribution in [3.8, 4) is 0 Å². The van der Waals surface area contributed by atoms with Gasteiger partial charge in [0.2, 0.25) is 5.91 Å². The number of rotatable bonds is 7. The van der Waals surface area contributed by atoms with Crippen LogP contribution in [0.3, 0.4) is 0 Å². The second kappa shape index (κ2) is 8.25. The lowest BCUT2D eigenvalue weighted by atomic mass is 10.0. The van der Waals surface area contributed by atoms with E-state index in [1.54, 1.807) is 12.1 Å². The molecule has 0 aliphatic rings. The number of hydrogen-bond acceptors (Lipinski definition) is 3. The highest BCUT2D eigenvalue weighted by Gasteiger charge is 2.15. The first kappa shape index (κ1) is 17.0. The van der Waals surface area contributed by atoms with Crippen LogP contribution in [-0.4, -0.2) is 44.0 Å². The molecule has 1 aromatic carbocycles. The van der Waals surface area contributed by atoms with Crippen LogP contribution >= 0.6 is 11.6 Å². The molecule has 0 aliphatic heterocycles. The van der Waals surface area contributed by atoms with E-state index in [4.69, 9.17) is 11.6 Å². The molecule has 1 unspecified atom stereocenters. The number of anilines is 1. The van der Waals surface area contributed by atoms with Crippen LogP contribution in [-0.2, 0) is 4.79 Å². The third kappa shape index (κ3) is 5.90. The predicted molar refractivity (Wildman–Crippen MR) is 85.3 cm³/mol. The summed E-state index contributed by atoms with van der Waals surface area (Å²) in [6, 6.07) is 7.51. The summed E-state index contributed by atoms with van der Waals surface area (Å²) >= 11 is 6.01. The second-order valence-corrected chi connectivity index (χ2v) is 5.93. The maximum Gasteiger partial charge on any atom is 0.238 e. The van der Waals surface area contributed by atoms with Gasteiger partial charge in [0.15, 0.2) is 0 Å². The molecule has 20 heavy (non-hydrogen) atoms. The Morgan fingerprint density at radius 1 is 1.30 bits per heavy atom. The van der Waals surface area contributed by atoms with Gasteiger partial charge >= 0.3 is 0 Å². The number of hydrogen-bond donors (Lipinski definition) is 2. The maximum absolute atomic E-state index is 11.9. The Bertz CT molecular complexity index is 435. The van der Waals surface area contributed by atoms with Gasteiger partial charge in [-0.05, 0) is 32.1 Å². The van der Waals surface area contributed by atoms with Gasteiger partial charge in [0.25, 0.3) is 0 Å². The van der Waals surface area contributed by atoms with Crippen molar-refractivity contribution in [2.75, 3.05) is 32.5 Å². The van der Waals surface area contributed by atoms with E-state index in [2.05, 4.69) is 29.4 Å². The number of nitrogens with zero attached hydrogens (tertiary/aromatic N) is 1. The summed E-state index contributed by atoms with van der Waals surface area (Å²) < 4.78 is 0. The Labute approximate surface area is 126 Å². The van der Waals surface area contributed by atoms with Crippen LogP contribution in [0.4, 0.5) is 5.69 Å². The fourth-order valence-electron chi connectivity index (χ4n) is 1.89. The van der Waals surface area contributed by atoms with Crippen molar-refractivity contribution >= 4 is 23.2 Å². The van der Waals surface area contributed by atoms with Crippen molar-refractivity contribution in [2.24, 2.45) is 5.92 Å². The zero-order valence-electron chi connectivity index (χ0n) is 12.6. The van der Waals surface area contributed by atoms with Crippen molar-refractivity contribution in [1.82, 2.24) is 10.2 Å². The zero-order valence-corrected chi connectivity index (χ0v) is 13.4. The average molecular weight is 298 g/mol. The van der Waals surface area contributed by atoms with Gasteiger partial charge in [-0.2, -0.15) is 0 Å². The highest BCUT2D eigenvalue weighted by Crippen LogP contribution is 2.20. The zero-order chi connectivity index (χ0) is 15.1. The first-order valence-corrected chi connectivity index (χ1v) is 7.20. The van der Waals surface area contributed by atoms with E-state index in [-0.39, 0.29) is 18.5 Å². The number of amides is 1. The van der Waals surface area contributed by atoms with Crippen molar-refractivity contribution < 1.29 is 4.79 Å². The van der Waals surface area contributed by atoms with Crippen LogP contribution in [0.1, 0.15) is 13.8 Å². The molecule has 5 heteroatoms. The van der Waals surface area contributed by atoms with E-state index in [0.29, 0.717) is 16.6 Å². The standard InChI is InChI=1S/C15H24ClN3O/c1-11(2)14(10-19(3)4)17-9-15(20)18-13-8-6-5-7-12(13)16/h5-8,11,14,17H,9-10H2,1-4H3,(H,18,20). The van der Waals surface area contributed by atoms with E-state index in [0.717, 1.165) is 6.54 Å². The smallest absolute Gasteiger partial charge is 0.238 e. The molecule has 0 heterocycles. The summed E-state index contributed by atoms with van der Waals surface area (Å²) in [5.41, 5.74) is 0.648. The molecule has 0 aliphatic carbocycles. The summed E-state index contributed by atoms with van der Waals surface area (Å²) in [5, 5.41) is 6.65. The highest BCUT2D eigenvalue weighted by molar-refractivity contribution is 6.33. The summed E-state index contributed by atoms with van der Waals surface area (Å²) in [4.78, 5) is 14.0. The largest absolute Gasteiger partial charge is 0.324 e. The first-order valence-electron chi connectivity index (χ1n) is 6.82. The van der Waals surface area contributed by atoms with Crippen LogP contribution < -0.4 is 10.6 Å². The quantitative estimate of drug-likeness (QED) is 0.812. The number of para-hydroxylation sites is 1. The number of nitrogens with one attached hydrogen (secondary N) is 2. The topological polar surface area (TPSA) is 44.4 Å². The van der Waals surface area contributed by atoms with Crippen molar-refractivity contribution in [3.05, 3.63) is 29.3 Å². The van der Waals surface area contributed by atoms with Gasteiger partial charge in [0, 0.05) is 12.6 Å². The Kier molecular flexibility index (Phi) is 6.99. The number of halogens is 1. The summed E-state index contributed by atoms with van der Waals surface area (Å²) in [6.45, 7) is 5.47. The molecule has 0 bridgehead atoms. The molecule has 1 aromatic rings. The molecular weight excluding hydrogens is 274 g/mol. The van der Waals surface area contributed by atoms with Gasteiger partial charge in [-0.15, -0.1) is 0 Å². The van der Waals surface area contributed by atoms with Crippen molar-refractivity contribution in [3.63, 3.8) is 0 Å². The molecule has 0 spiro atoms. The molecule has 1 atom stereocenters. The third-order valence-electron chi connectivity index (χ3n) is 3.04. The van der Waals surface area contributed by atoms with E-state index in [1.807, 2.05) is 26.2 Å². The van der Waals surface area contributed by atoms with Crippen molar-refractivity contribution in [1.29, 1.82) is 0 Å². The lowest BCUT2D eigenvalue weighted by Crippen LogP contribution is -2.45. The molecule has 0 saturated heterocycles. The molecule has 1 amide bonds. The van der Waals surface area contributed by atoms with Crippen LogP contribution in [0.5, 0.6) is 0 Å². The Hall–Kier alpha value is -1.10. The van der Waals surface area contributed by atoms with Gasteiger partial charge in [0.05, 0.1) is 17.3 Å². The van der Waals surface area contributed by atoms with Crippen LogP contribution in [0, 0.1) is 5.92 Å². The lowest BCUT2D eigenvalue weighted by molar-refractivity contribution is -0.115. The van der Waals surface area contributed by atoms with Gasteiger partial charge in [-0.1, -0.05) is 37.6 Å². The number of carbonyl (C=O) groups is 1. The predicted octanol–water partition coefficient (Wildman–Crippen LogP) is 2.45. The summed E-state index contributed by atoms with van der Waals surface area (Å²) in [6.07, 6.45) is 0. The van der Waals surface area contributed by atoms with E-state index in [9.17, 15) is 4.79 Å². The second-order valence-electron chi connectivity index (χ2n) is 5.52. The molecule has 1 rings (SSSR count). The van der Waals surface area contributed by atoms with Crippen molar-refractivity contribution in [2.45, 2.75) is 19.9 Å². The fraction of sp³-hybridized carbons (Fsp3) is 0.533. The van der Waals surface area contributed by atoms with E-state index < -0.39 is 0 Å². The third-order valence-corrected chi connectivity index (χ3v) is 3.37.